The molecule has 1 atom stereocenters. The lowest BCUT2D eigenvalue weighted by atomic mass is 9.93. The molecule has 2 aromatic rings. The minimum absolute atomic E-state index is 0.0641. The number of amides is 1. The summed E-state index contributed by atoms with van der Waals surface area (Å²) in [6.45, 7) is 4.39. The van der Waals surface area contributed by atoms with Gasteiger partial charge in [-0.25, -0.2) is 0 Å². The largest absolute Gasteiger partial charge is 0.497 e. The molecule has 1 heterocycles. The Bertz CT molecular complexity index is 779. The summed E-state index contributed by atoms with van der Waals surface area (Å²) < 4.78 is 5.30. The molecule has 0 unspecified atom stereocenters. The van der Waals surface area contributed by atoms with E-state index in [1.54, 1.807) is 21.0 Å². The van der Waals surface area contributed by atoms with Crippen molar-refractivity contribution in [3.63, 3.8) is 0 Å². The van der Waals surface area contributed by atoms with E-state index < -0.39 is 5.60 Å². The predicted molar refractivity (Wildman–Crippen MR) is 102 cm³/mol. The molecule has 2 aromatic carbocycles. The van der Waals surface area contributed by atoms with Gasteiger partial charge in [0.1, 0.15) is 5.75 Å². The van der Waals surface area contributed by atoms with Crippen molar-refractivity contribution in [3.8, 4) is 5.75 Å². The van der Waals surface area contributed by atoms with Crippen molar-refractivity contribution in [2.75, 3.05) is 13.7 Å². The molecule has 0 aliphatic carbocycles. The van der Waals surface area contributed by atoms with Crippen molar-refractivity contribution >= 4 is 5.91 Å². The number of aryl methyl sites for hydroxylation is 1. The standard InChI is InChI=1S/C22H27NO3/c1-22(2,25)12-10-16-6-4-8-18(14-16)21(24)23-13-11-20(23)17-7-5-9-19(15-17)26-3/h4-9,14-15,20,25H,10-13H2,1-3H3/t20-/m0/s1. The first kappa shape index (κ1) is 18.5. The second-order valence-corrected chi connectivity index (χ2v) is 7.59. The Labute approximate surface area is 155 Å². The zero-order chi connectivity index (χ0) is 18.7. The molecule has 26 heavy (non-hydrogen) atoms. The van der Waals surface area contributed by atoms with E-state index in [4.69, 9.17) is 4.74 Å². The lowest BCUT2D eigenvalue weighted by molar-refractivity contribution is 0.0460. The Balaban J connectivity index is 1.73. The van der Waals surface area contributed by atoms with Gasteiger partial charge in [0.25, 0.3) is 5.91 Å². The van der Waals surface area contributed by atoms with Crippen LogP contribution in [0, 0.1) is 0 Å². The van der Waals surface area contributed by atoms with Crippen LogP contribution in [0.15, 0.2) is 48.5 Å². The molecule has 1 saturated heterocycles. The van der Waals surface area contributed by atoms with Gasteiger partial charge >= 0.3 is 0 Å². The van der Waals surface area contributed by atoms with Gasteiger partial charge in [-0.3, -0.25) is 4.79 Å². The van der Waals surface area contributed by atoms with Gasteiger partial charge in [0.05, 0.1) is 18.8 Å². The number of carbonyl (C=O) groups is 1. The maximum Gasteiger partial charge on any atom is 0.254 e. The number of hydrogen-bond acceptors (Lipinski definition) is 3. The molecule has 0 bridgehead atoms. The summed E-state index contributed by atoms with van der Waals surface area (Å²) in [5, 5.41) is 9.91. The van der Waals surface area contributed by atoms with E-state index in [9.17, 15) is 9.90 Å². The first-order chi connectivity index (χ1) is 12.4. The van der Waals surface area contributed by atoms with Crippen LogP contribution in [0.25, 0.3) is 0 Å². The van der Waals surface area contributed by atoms with E-state index in [1.807, 2.05) is 53.4 Å². The van der Waals surface area contributed by atoms with E-state index in [-0.39, 0.29) is 11.9 Å². The van der Waals surface area contributed by atoms with Crippen LogP contribution in [0.2, 0.25) is 0 Å². The Hall–Kier alpha value is -2.33. The van der Waals surface area contributed by atoms with Gasteiger partial charge in [-0.05, 0) is 68.5 Å². The van der Waals surface area contributed by atoms with Crippen LogP contribution in [0.1, 0.15) is 54.2 Å². The topological polar surface area (TPSA) is 49.8 Å². The lowest BCUT2D eigenvalue weighted by Gasteiger charge is -2.41. The maximum absolute atomic E-state index is 13.0. The van der Waals surface area contributed by atoms with Crippen molar-refractivity contribution in [1.82, 2.24) is 4.90 Å². The fourth-order valence-electron chi connectivity index (χ4n) is 3.30. The van der Waals surface area contributed by atoms with Crippen molar-refractivity contribution in [2.45, 2.75) is 44.8 Å². The molecule has 1 fully saturated rings. The summed E-state index contributed by atoms with van der Waals surface area (Å²) >= 11 is 0. The third-order valence-electron chi connectivity index (χ3n) is 4.96. The number of benzene rings is 2. The summed E-state index contributed by atoms with van der Waals surface area (Å²) in [4.78, 5) is 14.9. The molecule has 138 valence electrons. The first-order valence-electron chi connectivity index (χ1n) is 9.13. The number of carbonyl (C=O) groups excluding carboxylic acids is 1. The number of hydrogen-bond donors (Lipinski definition) is 1. The molecular weight excluding hydrogens is 326 g/mol. The highest BCUT2D eigenvalue weighted by Gasteiger charge is 2.34. The molecule has 0 aromatic heterocycles. The zero-order valence-corrected chi connectivity index (χ0v) is 15.7. The van der Waals surface area contributed by atoms with E-state index in [0.717, 1.165) is 36.3 Å². The minimum atomic E-state index is -0.699. The number of rotatable bonds is 6. The monoisotopic (exact) mass is 353 g/mol. The second-order valence-electron chi connectivity index (χ2n) is 7.59. The number of aliphatic hydroxyl groups is 1. The molecule has 3 rings (SSSR count). The summed E-state index contributed by atoms with van der Waals surface area (Å²) in [5.41, 5.74) is 2.21. The van der Waals surface area contributed by atoms with Gasteiger partial charge in [-0.1, -0.05) is 24.3 Å². The fourth-order valence-corrected chi connectivity index (χ4v) is 3.30. The highest BCUT2D eigenvalue weighted by Crippen LogP contribution is 2.35. The third kappa shape index (κ3) is 4.25. The quantitative estimate of drug-likeness (QED) is 0.854. The lowest BCUT2D eigenvalue weighted by Crippen LogP contribution is -2.45. The smallest absolute Gasteiger partial charge is 0.254 e. The molecule has 1 N–H and O–H groups in total. The van der Waals surface area contributed by atoms with Crippen LogP contribution >= 0.6 is 0 Å². The second kappa shape index (κ2) is 7.50. The molecule has 0 spiro atoms. The molecule has 4 heteroatoms. The summed E-state index contributed by atoms with van der Waals surface area (Å²) in [5.74, 6) is 0.879. The minimum Gasteiger partial charge on any atom is -0.497 e. The van der Waals surface area contributed by atoms with E-state index in [0.29, 0.717) is 12.0 Å². The highest BCUT2D eigenvalue weighted by molar-refractivity contribution is 5.95. The van der Waals surface area contributed by atoms with Crippen molar-refractivity contribution < 1.29 is 14.6 Å². The molecule has 1 amide bonds. The Morgan fingerprint density at radius 1 is 1.23 bits per heavy atom. The van der Waals surface area contributed by atoms with Crippen LogP contribution in [0.4, 0.5) is 0 Å². The average molecular weight is 353 g/mol. The number of likely N-dealkylation sites (tertiary alicyclic amines) is 1. The molecule has 1 aliphatic rings. The van der Waals surface area contributed by atoms with Crippen LogP contribution in [0.3, 0.4) is 0 Å². The van der Waals surface area contributed by atoms with E-state index >= 15 is 0 Å². The molecule has 4 nitrogen and oxygen atoms in total. The molecule has 0 saturated carbocycles. The highest BCUT2D eigenvalue weighted by atomic mass is 16.5. The molecular formula is C22H27NO3. The number of ether oxygens (including phenoxy) is 1. The Kier molecular flexibility index (Phi) is 5.33. The van der Waals surface area contributed by atoms with Crippen molar-refractivity contribution in [3.05, 3.63) is 65.2 Å². The summed E-state index contributed by atoms with van der Waals surface area (Å²) in [6, 6.07) is 15.8. The van der Waals surface area contributed by atoms with Gasteiger partial charge in [0.2, 0.25) is 0 Å². The van der Waals surface area contributed by atoms with Crippen LogP contribution in [-0.4, -0.2) is 35.2 Å². The Morgan fingerprint density at radius 2 is 2.00 bits per heavy atom. The van der Waals surface area contributed by atoms with Crippen LogP contribution < -0.4 is 4.74 Å². The van der Waals surface area contributed by atoms with Crippen LogP contribution in [0.5, 0.6) is 5.75 Å². The van der Waals surface area contributed by atoms with Gasteiger partial charge in [0, 0.05) is 12.1 Å². The number of nitrogens with zero attached hydrogens (tertiary/aromatic N) is 1. The van der Waals surface area contributed by atoms with Gasteiger partial charge in [-0.2, -0.15) is 0 Å². The fraction of sp³-hybridized carbons (Fsp3) is 0.409. The third-order valence-corrected chi connectivity index (χ3v) is 4.96. The molecule has 1 aliphatic heterocycles. The van der Waals surface area contributed by atoms with Crippen molar-refractivity contribution in [2.24, 2.45) is 0 Å². The van der Waals surface area contributed by atoms with E-state index in [1.165, 1.54) is 0 Å². The normalized spacial score (nSPS) is 16.9. The van der Waals surface area contributed by atoms with Crippen LogP contribution in [-0.2, 0) is 6.42 Å². The number of methoxy groups -OCH3 is 1. The SMILES string of the molecule is COc1cccc([C@@H]2CCN2C(=O)c2cccc(CCC(C)(C)O)c2)c1. The zero-order valence-electron chi connectivity index (χ0n) is 15.7. The molecule has 0 radical (unpaired) electrons. The average Bonchev–Trinajstić information content (AvgIpc) is 2.59. The van der Waals surface area contributed by atoms with Crippen molar-refractivity contribution in [1.29, 1.82) is 0 Å². The summed E-state index contributed by atoms with van der Waals surface area (Å²) in [7, 11) is 1.65. The first-order valence-corrected chi connectivity index (χ1v) is 9.13. The summed E-state index contributed by atoms with van der Waals surface area (Å²) in [6.07, 6.45) is 2.39. The maximum atomic E-state index is 13.0. The van der Waals surface area contributed by atoms with Gasteiger partial charge in [-0.15, -0.1) is 0 Å². The Morgan fingerprint density at radius 3 is 2.65 bits per heavy atom. The predicted octanol–water partition coefficient (Wildman–Crippen LogP) is 3.99. The van der Waals surface area contributed by atoms with E-state index in [2.05, 4.69) is 0 Å². The van der Waals surface area contributed by atoms with Gasteiger partial charge in [0.15, 0.2) is 0 Å². The van der Waals surface area contributed by atoms with Gasteiger partial charge < -0.3 is 14.7 Å².